The van der Waals surface area contributed by atoms with Crippen molar-refractivity contribution in [3.8, 4) is 0 Å². The summed E-state index contributed by atoms with van der Waals surface area (Å²) in [6.07, 6.45) is -5.22. The maximum atomic E-state index is 11.9. The average Bonchev–Trinajstić information content (AvgIpc) is 2.56. The summed E-state index contributed by atoms with van der Waals surface area (Å²) in [4.78, 5) is 23.4. The van der Waals surface area contributed by atoms with Crippen LogP contribution in [0.2, 0.25) is 0 Å². The number of hydrogen-bond donors (Lipinski definition) is 5. The standard InChI is InChI=1S/C15H20N2O7/c1-2-23-14(21)8-3-5-9(6-4-8)16-15(22)17-13-12(20)11(19)10(18)7-24-13/h3-6,10-13,18-20H,2,7H2,1H3,(H2,16,17,22). The molecule has 0 aromatic heterocycles. The van der Waals surface area contributed by atoms with Crippen LogP contribution in [0.5, 0.6) is 0 Å². The van der Waals surface area contributed by atoms with Gasteiger partial charge < -0.3 is 35.4 Å². The fraction of sp³-hybridized carbons (Fsp3) is 0.467. The van der Waals surface area contributed by atoms with Crippen molar-refractivity contribution in [2.24, 2.45) is 0 Å². The average molecular weight is 340 g/mol. The zero-order chi connectivity index (χ0) is 17.7. The van der Waals surface area contributed by atoms with Crippen LogP contribution in [0.4, 0.5) is 10.5 Å². The van der Waals surface area contributed by atoms with E-state index in [9.17, 15) is 24.9 Å². The molecule has 1 heterocycles. The second-order valence-corrected chi connectivity index (χ2v) is 5.20. The number of aliphatic hydroxyl groups is 3. The minimum Gasteiger partial charge on any atom is -0.462 e. The summed E-state index contributed by atoms with van der Waals surface area (Å²) >= 11 is 0. The molecule has 24 heavy (non-hydrogen) atoms. The summed E-state index contributed by atoms with van der Waals surface area (Å²) in [5.41, 5.74) is 0.761. The molecular formula is C15H20N2O7. The number of rotatable bonds is 4. The van der Waals surface area contributed by atoms with Gasteiger partial charge in [-0.05, 0) is 31.2 Å². The maximum Gasteiger partial charge on any atom is 0.338 e. The van der Waals surface area contributed by atoms with Crippen molar-refractivity contribution in [3.05, 3.63) is 29.8 Å². The van der Waals surface area contributed by atoms with Crippen molar-refractivity contribution < 1.29 is 34.4 Å². The molecule has 1 aromatic rings. The molecule has 1 aromatic carbocycles. The predicted molar refractivity (Wildman–Crippen MR) is 82.3 cm³/mol. The highest BCUT2D eigenvalue weighted by Gasteiger charge is 2.38. The molecule has 9 nitrogen and oxygen atoms in total. The van der Waals surface area contributed by atoms with Crippen LogP contribution in [0.1, 0.15) is 17.3 Å². The van der Waals surface area contributed by atoms with E-state index in [1.54, 1.807) is 6.92 Å². The van der Waals surface area contributed by atoms with Crippen molar-refractivity contribution in [3.63, 3.8) is 0 Å². The molecule has 1 saturated heterocycles. The fourth-order valence-corrected chi connectivity index (χ4v) is 2.13. The molecule has 9 heteroatoms. The first-order valence-electron chi connectivity index (χ1n) is 7.43. The first-order valence-corrected chi connectivity index (χ1v) is 7.43. The van der Waals surface area contributed by atoms with Gasteiger partial charge in [-0.3, -0.25) is 0 Å². The highest BCUT2D eigenvalue weighted by molar-refractivity contribution is 5.92. The second kappa shape index (κ2) is 8.06. The van der Waals surface area contributed by atoms with Crippen LogP contribution in [0.25, 0.3) is 0 Å². The van der Waals surface area contributed by atoms with Crippen LogP contribution < -0.4 is 10.6 Å². The summed E-state index contributed by atoms with van der Waals surface area (Å²) in [6, 6.07) is 5.36. The van der Waals surface area contributed by atoms with Crippen LogP contribution >= 0.6 is 0 Å². The number of carbonyl (C=O) groups excluding carboxylic acids is 2. The first kappa shape index (κ1) is 18.1. The van der Waals surface area contributed by atoms with E-state index >= 15 is 0 Å². The van der Waals surface area contributed by atoms with E-state index in [4.69, 9.17) is 9.47 Å². The third-order valence-corrected chi connectivity index (χ3v) is 3.43. The first-order chi connectivity index (χ1) is 11.4. The third kappa shape index (κ3) is 4.42. The lowest BCUT2D eigenvalue weighted by molar-refractivity contribution is -0.191. The van der Waals surface area contributed by atoms with Gasteiger partial charge in [0.25, 0.3) is 0 Å². The number of aliphatic hydroxyl groups excluding tert-OH is 3. The van der Waals surface area contributed by atoms with E-state index < -0.39 is 36.5 Å². The summed E-state index contributed by atoms with van der Waals surface area (Å²) in [6.45, 7) is 1.76. The molecule has 0 spiro atoms. The van der Waals surface area contributed by atoms with E-state index in [-0.39, 0.29) is 13.2 Å². The van der Waals surface area contributed by atoms with Crippen molar-refractivity contribution in [1.29, 1.82) is 0 Å². The smallest absolute Gasteiger partial charge is 0.338 e. The zero-order valence-corrected chi connectivity index (χ0v) is 13.0. The number of esters is 1. The zero-order valence-electron chi connectivity index (χ0n) is 13.0. The van der Waals surface area contributed by atoms with E-state index in [1.165, 1.54) is 24.3 Å². The Hall–Kier alpha value is -2.20. The number of amides is 2. The van der Waals surface area contributed by atoms with E-state index in [0.717, 1.165) is 0 Å². The van der Waals surface area contributed by atoms with Crippen LogP contribution in [0.3, 0.4) is 0 Å². The van der Waals surface area contributed by atoms with Gasteiger partial charge in [0.15, 0.2) is 6.23 Å². The SMILES string of the molecule is CCOC(=O)c1ccc(NC(=O)NC2OCC(O)C(O)C2O)cc1. The lowest BCUT2D eigenvalue weighted by Crippen LogP contribution is -2.59. The highest BCUT2D eigenvalue weighted by Crippen LogP contribution is 2.14. The van der Waals surface area contributed by atoms with Gasteiger partial charge in [-0.15, -0.1) is 0 Å². The molecule has 1 aliphatic heterocycles. The maximum absolute atomic E-state index is 11.9. The largest absolute Gasteiger partial charge is 0.462 e. The van der Waals surface area contributed by atoms with E-state index in [0.29, 0.717) is 11.3 Å². The predicted octanol–water partition coefficient (Wildman–Crippen LogP) is -0.576. The fourth-order valence-electron chi connectivity index (χ4n) is 2.13. The van der Waals surface area contributed by atoms with Crippen molar-refractivity contribution >= 4 is 17.7 Å². The number of carbonyl (C=O) groups is 2. The molecule has 0 aliphatic carbocycles. The number of urea groups is 1. The van der Waals surface area contributed by atoms with E-state index in [1.807, 2.05) is 0 Å². The summed E-state index contributed by atoms with van der Waals surface area (Å²) < 4.78 is 9.92. The molecule has 4 atom stereocenters. The molecule has 132 valence electrons. The second-order valence-electron chi connectivity index (χ2n) is 5.20. The van der Waals surface area contributed by atoms with Crippen LogP contribution in [-0.4, -0.2) is 65.1 Å². The van der Waals surface area contributed by atoms with Crippen molar-refractivity contribution in [2.45, 2.75) is 31.5 Å². The normalized spacial score (nSPS) is 26.5. The molecule has 2 rings (SSSR count). The topological polar surface area (TPSA) is 137 Å². The van der Waals surface area contributed by atoms with Crippen molar-refractivity contribution in [1.82, 2.24) is 5.32 Å². The highest BCUT2D eigenvalue weighted by atomic mass is 16.5. The van der Waals surface area contributed by atoms with Gasteiger partial charge in [-0.25, -0.2) is 9.59 Å². The van der Waals surface area contributed by atoms with Gasteiger partial charge in [0.2, 0.25) is 0 Å². The van der Waals surface area contributed by atoms with Gasteiger partial charge in [0, 0.05) is 5.69 Å². The number of hydrogen-bond acceptors (Lipinski definition) is 7. The number of anilines is 1. The Morgan fingerprint density at radius 2 is 1.88 bits per heavy atom. The van der Waals surface area contributed by atoms with Crippen molar-refractivity contribution in [2.75, 3.05) is 18.5 Å². The molecule has 4 unspecified atom stereocenters. The minimum atomic E-state index is -1.45. The molecule has 0 radical (unpaired) electrons. The quantitative estimate of drug-likeness (QED) is 0.463. The summed E-state index contributed by atoms with van der Waals surface area (Å²) in [5.74, 6) is -0.459. The van der Waals surface area contributed by atoms with Gasteiger partial charge in [-0.1, -0.05) is 0 Å². The lowest BCUT2D eigenvalue weighted by Gasteiger charge is -2.35. The number of nitrogens with one attached hydrogen (secondary N) is 2. The van der Waals surface area contributed by atoms with Crippen LogP contribution in [-0.2, 0) is 9.47 Å². The van der Waals surface area contributed by atoms with Gasteiger partial charge in [0.05, 0.1) is 18.8 Å². The Bertz CT molecular complexity index is 578. The Morgan fingerprint density at radius 3 is 2.50 bits per heavy atom. The molecule has 2 amide bonds. The lowest BCUT2D eigenvalue weighted by atomic mass is 10.0. The summed E-state index contributed by atoms with van der Waals surface area (Å²) in [7, 11) is 0. The number of benzene rings is 1. The van der Waals surface area contributed by atoms with Gasteiger partial charge in [-0.2, -0.15) is 0 Å². The summed E-state index contributed by atoms with van der Waals surface area (Å²) in [5, 5.41) is 33.5. The molecule has 1 aliphatic rings. The Labute approximate surface area is 138 Å². The molecular weight excluding hydrogens is 320 g/mol. The molecule has 1 fully saturated rings. The minimum absolute atomic E-state index is 0.211. The third-order valence-electron chi connectivity index (χ3n) is 3.43. The van der Waals surface area contributed by atoms with Crippen LogP contribution in [0, 0.1) is 0 Å². The molecule has 0 bridgehead atoms. The Morgan fingerprint density at radius 1 is 1.21 bits per heavy atom. The van der Waals surface area contributed by atoms with Gasteiger partial charge >= 0.3 is 12.0 Å². The molecule has 5 N–H and O–H groups in total. The monoisotopic (exact) mass is 340 g/mol. The van der Waals surface area contributed by atoms with Crippen LogP contribution in [0.15, 0.2) is 24.3 Å². The molecule has 0 saturated carbocycles. The van der Waals surface area contributed by atoms with Gasteiger partial charge in [0.1, 0.15) is 18.3 Å². The number of ether oxygens (including phenoxy) is 2. The Balaban J connectivity index is 1.89. The Kier molecular flexibility index (Phi) is 6.10. The van der Waals surface area contributed by atoms with E-state index in [2.05, 4.69) is 10.6 Å².